The first kappa shape index (κ1) is 26.4. The summed E-state index contributed by atoms with van der Waals surface area (Å²) in [6.45, 7) is 0. The number of nitrogens with zero attached hydrogens (tertiary/aromatic N) is 4. The van der Waals surface area contributed by atoms with Crippen LogP contribution < -0.4 is 4.74 Å². The fourth-order valence-electron chi connectivity index (χ4n) is 7.75. The molecule has 4 heterocycles. The zero-order valence-electron chi connectivity index (χ0n) is 26.2. The van der Waals surface area contributed by atoms with Gasteiger partial charge in [0.2, 0.25) is 5.95 Å². The number of para-hydroxylation sites is 3. The number of hydrogen-bond acceptors (Lipinski definition) is 3. The standard InChI is InChI=1S/C44H26N4O/c1-2-11-27(12-3-1)28-21-23-29(24-22-28)47-36-17-7-4-13-30(36)33-25-34-31-14-5-8-18-37(31)48(39(34)26-38(33)47)44-45-35-16-10-20-41-42(35)43(46-44)32-15-6-9-19-40(32)49-41/h1-26H. The van der Waals surface area contributed by atoms with Gasteiger partial charge in [0.15, 0.2) is 0 Å². The van der Waals surface area contributed by atoms with E-state index in [9.17, 15) is 0 Å². The predicted octanol–water partition coefficient (Wildman–Crippen LogP) is 11.3. The lowest BCUT2D eigenvalue weighted by atomic mass is 10.0. The smallest absolute Gasteiger partial charge is 0.235 e. The summed E-state index contributed by atoms with van der Waals surface area (Å²) in [6.07, 6.45) is 0. The van der Waals surface area contributed by atoms with Gasteiger partial charge in [-0.2, -0.15) is 0 Å². The zero-order valence-corrected chi connectivity index (χ0v) is 26.2. The van der Waals surface area contributed by atoms with Crippen LogP contribution in [0.15, 0.2) is 158 Å². The SMILES string of the molecule is c1ccc(-c2ccc(-n3c4ccccc4c4cc5c6ccccc6n(-c6nc7c8c(cccc8n6)Oc6ccccc6-7)c5cc43)cc2)cc1. The molecule has 0 bridgehead atoms. The van der Waals surface area contributed by atoms with Crippen molar-refractivity contribution in [2.75, 3.05) is 0 Å². The van der Waals surface area contributed by atoms with Crippen molar-refractivity contribution in [3.8, 4) is 45.5 Å². The van der Waals surface area contributed by atoms with Gasteiger partial charge in [0.05, 0.1) is 38.7 Å². The maximum atomic E-state index is 6.30. The molecular formula is C44H26N4O. The van der Waals surface area contributed by atoms with Crippen molar-refractivity contribution in [2.24, 2.45) is 0 Å². The molecule has 0 fully saturated rings. The Morgan fingerprint density at radius 2 is 1.06 bits per heavy atom. The third kappa shape index (κ3) is 3.75. The minimum Gasteiger partial charge on any atom is -0.456 e. The van der Waals surface area contributed by atoms with Crippen molar-refractivity contribution in [1.29, 1.82) is 0 Å². The second-order valence-electron chi connectivity index (χ2n) is 12.6. The Balaban J connectivity index is 1.21. The summed E-state index contributed by atoms with van der Waals surface area (Å²) in [6, 6.07) is 55.5. The van der Waals surface area contributed by atoms with Gasteiger partial charge in [0.25, 0.3) is 0 Å². The lowest BCUT2D eigenvalue weighted by molar-refractivity contribution is 0.486. The summed E-state index contributed by atoms with van der Waals surface area (Å²) in [5.74, 6) is 2.22. The van der Waals surface area contributed by atoms with Crippen molar-refractivity contribution in [2.45, 2.75) is 0 Å². The average Bonchev–Trinajstić information content (AvgIpc) is 3.66. The molecule has 0 saturated heterocycles. The molecule has 0 atom stereocenters. The average molecular weight is 627 g/mol. The Bertz CT molecular complexity index is 2960. The first-order valence-corrected chi connectivity index (χ1v) is 16.5. The fraction of sp³-hybridized carbons (Fsp3) is 0. The Hall–Kier alpha value is -6.72. The highest BCUT2D eigenvalue weighted by Crippen LogP contribution is 2.46. The van der Waals surface area contributed by atoms with Crippen LogP contribution in [0.2, 0.25) is 0 Å². The molecule has 228 valence electrons. The van der Waals surface area contributed by atoms with Gasteiger partial charge in [0.1, 0.15) is 11.5 Å². The van der Waals surface area contributed by atoms with E-state index in [2.05, 4.69) is 130 Å². The Labute approximate surface area is 280 Å². The van der Waals surface area contributed by atoms with Crippen molar-refractivity contribution >= 4 is 54.5 Å². The van der Waals surface area contributed by atoms with Crippen LogP contribution in [0.1, 0.15) is 0 Å². The van der Waals surface area contributed by atoms with Crippen LogP contribution in [-0.2, 0) is 0 Å². The van der Waals surface area contributed by atoms with Gasteiger partial charge in [-0.05, 0) is 71.8 Å². The molecule has 7 aromatic carbocycles. The molecule has 0 unspecified atom stereocenters. The van der Waals surface area contributed by atoms with Gasteiger partial charge in [-0.1, -0.05) is 97.1 Å². The van der Waals surface area contributed by atoms with Crippen LogP contribution in [-0.4, -0.2) is 19.1 Å². The van der Waals surface area contributed by atoms with Crippen molar-refractivity contribution in [3.05, 3.63) is 158 Å². The minimum atomic E-state index is 0.636. The van der Waals surface area contributed by atoms with E-state index in [1.807, 2.05) is 36.4 Å². The molecule has 5 nitrogen and oxygen atoms in total. The van der Waals surface area contributed by atoms with Gasteiger partial charge >= 0.3 is 0 Å². The molecule has 10 aromatic rings. The Kier molecular flexibility index (Phi) is 5.32. The largest absolute Gasteiger partial charge is 0.456 e. The van der Waals surface area contributed by atoms with Gasteiger partial charge in [-0.25, -0.2) is 9.97 Å². The van der Waals surface area contributed by atoms with E-state index in [1.54, 1.807) is 0 Å². The molecule has 11 rings (SSSR count). The fourth-order valence-corrected chi connectivity index (χ4v) is 7.75. The summed E-state index contributed by atoms with van der Waals surface area (Å²) >= 11 is 0. The maximum Gasteiger partial charge on any atom is 0.235 e. The van der Waals surface area contributed by atoms with Crippen LogP contribution in [0.5, 0.6) is 11.5 Å². The van der Waals surface area contributed by atoms with E-state index in [0.29, 0.717) is 5.95 Å². The summed E-state index contributed by atoms with van der Waals surface area (Å²) < 4.78 is 10.9. The zero-order chi connectivity index (χ0) is 32.1. The number of fused-ring (bicyclic) bond motifs is 8. The van der Waals surface area contributed by atoms with Crippen LogP contribution in [0, 0.1) is 0 Å². The first-order valence-electron chi connectivity index (χ1n) is 16.5. The molecule has 1 aliphatic heterocycles. The van der Waals surface area contributed by atoms with E-state index >= 15 is 0 Å². The number of rotatable bonds is 3. The van der Waals surface area contributed by atoms with Crippen LogP contribution in [0.4, 0.5) is 0 Å². The molecule has 0 saturated carbocycles. The number of ether oxygens (including phenoxy) is 1. The van der Waals surface area contributed by atoms with Crippen LogP contribution in [0.3, 0.4) is 0 Å². The summed E-state index contributed by atoms with van der Waals surface area (Å²) in [5.41, 5.74) is 10.7. The van der Waals surface area contributed by atoms with Gasteiger partial charge < -0.3 is 9.30 Å². The molecule has 49 heavy (non-hydrogen) atoms. The molecule has 0 spiro atoms. The normalized spacial score (nSPS) is 12.2. The van der Waals surface area contributed by atoms with Gasteiger partial charge in [-0.15, -0.1) is 0 Å². The molecule has 0 N–H and O–H groups in total. The van der Waals surface area contributed by atoms with Crippen LogP contribution in [0.25, 0.3) is 88.5 Å². The third-order valence-corrected chi connectivity index (χ3v) is 9.93. The van der Waals surface area contributed by atoms with E-state index in [-0.39, 0.29) is 0 Å². The summed E-state index contributed by atoms with van der Waals surface area (Å²) in [4.78, 5) is 10.5. The van der Waals surface area contributed by atoms with E-state index in [0.717, 1.165) is 55.9 Å². The topological polar surface area (TPSA) is 44.9 Å². The lowest BCUT2D eigenvalue weighted by Gasteiger charge is -2.21. The van der Waals surface area contributed by atoms with Crippen molar-refractivity contribution in [3.63, 3.8) is 0 Å². The summed E-state index contributed by atoms with van der Waals surface area (Å²) in [7, 11) is 0. The first-order chi connectivity index (χ1) is 24.3. The monoisotopic (exact) mass is 626 g/mol. The number of aromatic nitrogens is 4. The maximum absolute atomic E-state index is 6.30. The molecule has 0 amide bonds. The third-order valence-electron chi connectivity index (χ3n) is 9.93. The number of hydrogen-bond donors (Lipinski definition) is 0. The lowest BCUT2D eigenvalue weighted by Crippen LogP contribution is -2.06. The molecule has 3 aromatic heterocycles. The Morgan fingerprint density at radius 1 is 0.429 bits per heavy atom. The molecule has 0 radical (unpaired) electrons. The highest BCUT2D eigenvalue weighted by molar-refractivity contribution is 6.19. The molecule has 5 heteroatoms. The van der Waals surface area contributed by atoms with Crippen molar-refractivity contribution < 1.29 is 4.74 Å². The quantitative estimate of drug-likeness (QED) is 0.196. The van der Waals surface area contributed by atoms with E-state index < -0.39 is 0 Å². The minimum absolute atomic E-state index is 0.636. The Morgan fingerprint density at radius 3 is 1.86 bits per heavy atom. The van der Waals surface area contributed by atoms with Gasteiger partial charge in [-0.3, -0.25) is 4.57 Å². The predicted molar refractivity (Wildman–Crippen MR) is 199 cm³/mol. The second kappa shape index (κ2) is 9.89. The molecular weight excluding hydrogens is 601 g/mol. The summed E-state index contributed by atoms with van der Waals surface area (Å²) in [5, 5.41) is 5.70. The van der Waals surface area contributed by atoms with Crippen LogP contribution >= 0.6 is 0 Å². The molecule has 1 aliphatic rings. The van der Waals surface area contributed by atoms with Gasteiger partial charge in [0, 0.05) is 32.8 Å². The van der Waals surface area contributed by atoms with Crippen molar-refractivity contribution in [1.82, 2.24) is 19.1 Å². The van der Waals surface area contributed by atoms with E-state index in [4.69, 9.17) is 14.7 Å². The number of benzene rings is 7. The molecule has 0 aliphatic carbocycles. The highest BCUT2D eigenvalue weighted by atomic mass is 16.5. The highest BCUT2D eigenvalue weighted by Gasteiger charge is 2.25. The second-order valence-corrected chi connectivity index (χ2v) is 12.6. The van der Waals surface area contributed by atoms with E-state index in [1.165, 1.54) is 38.2 Å².